The molecule has 2 aromatic rings. The third kappa shape index (κ3) is 1.74. The number of carbonyl (C=O) groups excluding carboxylic acids is 1. The van der Waals surface area contributed by atoms with E-state index >= 15 is 0 Å². The molecule has 0 bridgehead atoms. The minimum absolute atomic E-state index is 0.0870. The molecule has 104 valence electrons. The van der Waals surface area contributed by atoms with Crippen LogP contribution in [0.2, 0.25) is 0 Å². The minimum atomic E-state index is -0.262. The highest BCUT2D eigenvalue weighted by Gasteiger charge is 2.35. The second kappa shape index (κ2) is 4.28. The highest BCUT2D eigenvalue weighted by atomic mass is 16.3. The maximum atomic E-state index is 12.5. The molecule has 0 aliphatic carbocycles. The molecule has 21 heavy (non-hydrogen) atoms. The molecule has 0 aromatic heterocycles. The summed E-state index contributed by atoms with van der Waals surface area (Å²) in [5.41, 5.74) is 5.90. The Hall–Kier alpha value is -2.95. The van der Waals surface area contributed by atoms with Crippen LogP contribution in [0.15, 0.2) is 54.6 Å². The van der Waals surface area contributed by atoms with Gasteiger partial charge in [-0.15, -0.1) is 0 Å². The number of rotatable bonds is 1. The van der Waals surface area contributed by atoms with Crippen LogP contribution in [0.25, 0.3) is 5.70 Å². The van der Waals surface area contributed by atoms with Gasteiger partial charge in [0.2, 0.25) is 0 Å². The number of hydrogen-bond donors (Lipinski definition) is 3. The molecule has 1 unspecified atom stereocenters. The lowest BCUT2D eigenvalue weighted by molar-refractivity contribution is 0.0679. The number of hydrogen-bond acceptors (Lipinski definition) is 4. The number of anilines is 1. The van der Waals surface area contributed by atoms with Crippen molar-refractivity contribution < 1.29 is 9.90 Å². The SMILES string of the molecule is O=C1c2ccccc2NC2C=C(c3ccccc3O)NN12. The number of para-hydroxylation sites is 2. The monoisotopic (exact) mass is 279 g/mol. The Labute approximate surface area is 121 Å². The first-order chi connectivity index (χ1) is 10.2. The predicted octanol–water partition coefficient (Wildman–Crippen LogP) is 2.15. The Morgan fingerprint density at radius 1 is 1.00 bits per heavy atom. The fourth-order valence-corrected chi connectivity index (χ4v) is 2.69. The van der Waals surface area contributed by atoms with Gasteiger partial charge in [0.05, 0.1) is 11.3 Å². The molecule has 0 radical (unpaired) electrons. The van der Waals surface area contributed by atoms with Crippen molar-refractivity contribution in [1.29, 1.82) is 0 Å². The number of carbonyl (C=O) groups is 1. The topological polar surface area (TPSA) is 64.6 Å². The molecule has 5 heteroatoms. The Morgan fingerprint density at radius 2 is 1.71 bits per heavy atom. The van der Waals surface area contributed by atoms with Gasteiger partial charge in [0.25, 0.3) is 5.91 Å². The van der Waals surface area contributed by atoms with E-state index in [9.17, 15) is 9.90 Å². The summed E-state index contributed by atoms with van der Waals surface area (Å²) in [6, 6.07) is 14.5. The molecule has 2 aliphatic heterocycles. The molecule has 2 heterocycles. The van der Waals surface area contributed by atoms with Crippen LogP contribution in [-0.4, -0.2) is 22.2 Å². The molecular weight excluding hydrogens is 266 g/mol. The number of amides is 1. The molecule has 0 fully saturated rings. The zero-order valence-electron chi connectivity index (χ0n) is 11.1. The van der Waals surface area contributed by atoms with Crippen LogP contribution < -0.4 is 10.7 Å². The van der Waals surface area contributed by atoms with E-state index in [1.54, 1.807) is 18.2 Å². The fourth-order valence-electron chi connectivity index (χ4n) is 2.69. The standard InChI is InChI=1S/C16H13N3O2/c20-14-8-4-2-5-10(14)13-9-15-17-12-7-3-1-6-11(12)16(21)19(15)18-13/h1-9,15,17-18,20H. The van der Waals surface area contributed by atoms with Crippen LogP contribution in [0.1, 0.15) is 15.9 Å². The molecular formula is C16H13N3O2. The van der Waals surface area contributed by atoms with Crippen molar-refractivity contribution in [2.24, 2.45) is 0 Å². The van der Waals surface area contributed by atoms with Crippen LogP contribution >= 0.6 is 0 Å². The normalized spacial score (nSPS) is 19.2. The number of nitrogens with zero attached hydrogens (tertiary/aromatic N) is 1. The summed E-state index contributed by atoms with van der Waals surface area (Å²) in [7, 11) is 0. The van der Waals surface area contributed by atoms with E-state index in [0.717, 1.165) is 5.69 Å². The van der Waals surface area contributed by atoms with E-state index in [1.165, 1.54) is 5.01 Å². The molecule has 2 aliphatic rings. The molecule has 1 atom stereocenters. The number of nitrogens with one attached hydrogen (secondary N) is 2. The van der Waals surface area contributed by atoms with Gasteiger partial charge < -0.3 is 10.4 Å². The van der Waals surface area contributed by atoms with Crippen LogP contribution in [-0.2, 0) is 0 Å². The highest BCUT2D eigenvalue weighted by molar-refractivity contribution is 6.02. The Kier molecular flexibility index (Phi) is 2.41. The van der Waals surface area contributed by atoms with Gasteiger partial charge >= 0.3 is 0 Å². The van der Waals surface area contributed by atoms with Crippen molar-refractivity contribution in [3.05, 3.63) is 65.7 Å². The summed E-state index contributed by atoms with van der Waals surface area (Å²) in [6.45, 7) is 0. The van der Waals surface area contributed by atoms with Gasteiger partial charge in [0.15, 0.2) is 0 Å². The molecule has 0 saturated heterocycles. The lowest BCUT2D eigenvalue weighted by atomic mass is 10.1. The van der Waals surface area contributed by atoms with Crippen molar-refractivity contribution in [2.75, 3.05) is 5.32 Å². The van der Waals surface area contributed by atoms with Gasteiger partial charge in [-0.25, -0.2) is 5.01 Å². The zero-order chi connectivity index (χ0) is 14.4. The smallest absolute Gasteiger partial charge is 0.276 e. The van der Waals surface area contributed by atoms with Crippen LogP contribution in [0.5, 0.6) is 5.75 Å². The average molecular weight is 279 g/mol. The van der Waals surface area contributed by atoms with E-state index in [4.69, 9.17) is 0 Å². The van der Waals surface area contributed by atoms with Crippen LogP contribution in [0.3, 0.4) is 0 Å². The number of phenolic OH excluding ortho intramolecular Hbond substituents is 1. The number of fused-ring (bicyclic) bond motifs is 2. The maximum absolute atomic E-state index is 12.5. The summed E-state index contributed by atoms with van der Waals surface area (Å²) in [4.78, 5) is 12.5. The molecule has 5 nitrogen and oxygen atoms in total. The summed E-state index contributed by atoms with van der Waals surface area (Å²) < 4.78 is 0. The second-order valence-corrected chi connectivity index (χ2v) is 5.02. The van der Waals surface area contributed by atoms with Gasteiger partial charge in [0.1, 0.15) is 11.9 Å². The Bertz CT molecular complexity index is 770. The van der Waals surface area contributed by atoms with Crippen LogP contribution in [0, 0.1) is 0 Å². The van der Waals surface area contributed by atoms with Crippen molar-refractivity contribution in [3.8, 4) is 5.75 Å². The van der Waals surface area contributed by atoms with E-state index in [0.29, 0.717) is 16.8 Å². The Balaban J connectivity index is 1.72. The lowest BCUT2D eigenvalue weighted by Crippen LogP contribution is -2.50. The highest BCUT2D eigenvalue weighted by Crippen LogP contribution is 2.32. The van der Waals surface area contributed by atoms with E-state index in [2.05, 4.69) is 10.7 Å². The molecule has 0 spiro atoms. The number of phenols is 1. The first-order valence-corrected chi connectivity index (χ1v) is 6.70. The summed E-state index contributed by atoms with van der Waals surface area (Å²) in [5.74, 6) is 0.0945. The zero-order valence-corrected chi connectivity index (χ0v) is 11.1. The summed E-state index contributed by atoms with van der Waals surface area (Å²) >= 11 is 0. The van der Waals surface area contributed by atoms with Gasteiger partial charge in [0, 0.05) is 11.3 Å². The number of aromatic hydroxyl groups is 1. The largest absolute Gasteiger partial charge is 0.507 e. The predicted molar refractivity (Wildman–Crippen MR) is 79.2 cm³/mol. The quantitative estimate of drug-likeness (QED) is 0.748. The molecule has 1 amide bonds. The van der Waals surface area contributed by atoms with Crippen molar-refractivity contribution in [1.82, 2.24) is 10.4 Å². The number of hydrazine groups is 1. The fraction of sp³-hybridized carbons (Fsp3) is 0.0625. The molecule has 4 rings (SSSR count). The first-order valence-electron chi connectivity index (χ1n) is 6.70. The molecule has 2 aromatic carbocycles. The second-order valence-electron chi connectivity index (χ2n) is 5.02. The molecule has 3 N–H and O–H groups in total. The van der Waals surface area contributed by atoms with Gasteiger partial charge in [-0.3, -0.25) is 10.2 Å². The van der Waals surface area contributed by atoms with Gasteiger partial charge in [-0.1, -0.05) is 24.3 Å². The molecule has 0 saturated carbocycles. The summed E-state index contributed by atoms with van der Waals surface area (Å²) in [5, 5.41) is 14.8. The third-order valence-electron chi connectivity index (χ3n) is 3.72. The summed E-state index contributed by atoms with van der Waals surface area (Å²) in [6.07, 6.45) is 1.63. The van der Waals surface area contributed by atoms with Crippen molar-refractivity contribution in [3.63, 3.8) is 0 Å². The third-order valence-corrected chi connectivity index (χ3v) is 3.72. The lowest BCUT2D eigenvalue weighted by Gasteiger charge is -2.32. The number of benzene rings is 2. The van der Waals surface area contributed by atoms with Gasteiger partial charge in [-0.2, -0.15) is 0 Å². The average Bonchev–Trinajstić information content (AvgIpc) is 2.92. The van der Waals surface area contributed by atoms with Crippen molar-refractivity contribution >= 4 is 17.3 Å². The van der Waals surface area contributed by atoms with Gasteiger partial charge in [-0.05, 0) is 30.3 Å². The minimum Gasteiger partial charge on any atom is -0.507 e. The van der Waals surface area contributed by atoms with Crippen molar-refractivity contribution in [2.45, 2.75) is 6.17 Å². The first kappa shape index (κ1) is 11.8. The Morgan fingerprint density at radius 3 is 2.52 bits per heavy atom. The van der Waals surface area contributed by atoms with E-state index in [-0.39, 0.29) is 17.8 Å². The van der Waals surface area contributed by atoms with E-state index < -0.39 is 0 Å². The maximum Gasteiger partial charge on any atom is 0.276 e. The van der Waals surface area contributed by atoms with Crippen LogP contribution in [0.4, 0.5) is 5.69 Å². The van der Waals surface area contributed by atoms with E-state index in [1.807, 2.05) is 36.4 Å².